The number of rotatable bonds is 5. The average Bonchev–Trinajstić information content (AvgIpc) is 2.74. The highest BCUT2D eigenvalue weighted by Gasteiger charge is 2.33. The molecule has 1 aliphatic heterocycles. The minimum atomic E-state index is -0.112. The molecule has 0 saturated heterocycles. The van der Waals surface area contributed by atoms with Crippen LogP contribution in [0.15, 0.2) is 72.8 Å². The van der Waals surface area contributed by atoms with Crippen LogP contribution in [0.25, 0.3) is 0 Å². The van der Waals surface area contributed by atoms with E-state index in [1.54, 1.807) is 18.2 Å². The molecule has 0 radical (unpaired) electrons. The second-order valence-electron chi connectivity index (χ2n) is 7.33. The molecule has 0 aliphatic carbocycles. The Kier molecular flexibility index (Phi) is 6.16. The van der Waals surface area contributed by atoms with Gasteiger partial charge in [0.1, 0.15) is 5.75 Å². The van der Waals surface area contributed by atoms with Crippen molar-refractivity contribution in [2.75, 3.05) is 16.8 Å². The van der Waals surface area contributed by atoms with Crippen LogP contribution in [0, 0.1) is 0 Å². The predicted octanol–water partition coefficient (Wildman–Crippen LogP) is 6.35. The smallest absolute Gasteiger partial charge is 0.265 e. The summed E-state index contributed by atoms with van der Waals surface area (Å²) in [5, 5.41) is 4.50. The van der Waals surface area contributed by atoms with Gasteiger partial charge in [0.25, 0.3) is 5.91 Å². The van der Waals surface area contributed by atoms with Crippen molar-refractivity contribution in [2.24, 2.45) is 0 Å². The molecule has 0 unspecified atom stereocenters. The Morgan fingerprint density at radius 3 is 2.57 bits per heavy atom. The number of nitrogens with zero attached hydrogens (tertiary/aromatic N) is 1. The highest BCUT2D eigenvalue weighted by atomic mass is 35.5. The molecule has 0 saturated carbocycles. The molecule has 30 heavy (non-hydrogen) atoms. The standard InChI is InChI=1S/C24H22Cl2N2O2/c1-16-13-21(27-18-7-3-2-4-8-18)19-9-5-6-10-22(19)28(16)24(29)15-30-23-12-11-17(25)14-20(23)26/h2-12,14,16,21,27H,13,15H2,1H3/t16-,21-/m0/s1. The first-order valence-electron chi connectivity index (χ1n) is 9.83. The third-order valence-corrected chi connectivity index (χ3v) is 5.75. The Morgan fingerprint density at radius 2 is 1.80 bits per heavy atom. The van der Waals surface area contributed by atoms with Crippen LogP contribution in [-0.4, -0.2) is 18.6 Å². The van der Waals surface area contributed by atoms with Crippen molar-refractivity contribution >= 4 is 40.5 Å². The second-order valence-corrected chi connectivity index (χ2v) is 8.18. The lowest BCUT2D eigenvalue weighted by molar-refractivity contribution is -0.121. The molecule has 0 aromatic heterocycles. The number of ether oxygens (including phenoxy) is 1. The fourth-order valence-electron chi connectivity index (χ4n) is 3.87. The summed E-state index contributed by atoms with van der Waals surface area (Å²) in [6.45, 7) is 1.96. The number of halogens is 2. The minimum absolute atomic E-state index is 0.0119. The van der Waals surface area contributed by atoms with E-state index in [0.717, 1.165) is 23.4 Å². The first-order chi connectivity index (χ1) is 14.5. The Hall–Kier alpha value is -2.69. The molecule has 0 fully saturated rings. The molecule has 1 heterocycles. The summed E-state index contributed by atoms with van der Waals surface area (Å²) in [4.78, 5) is 14.9. The summed E-state index contributed by atoms with van der Waals surface area (Å²) < 4.78 is 5.70. The summed E-state index contributed by atoms with van der Waals surface area (Å²) >= 11 is 12.1. The lowest BCUT2D eigenvalue weighted by Crippen LogP contribution is -2.46. The van der Waals surface area contributed by atoms with E-state index in [1.807, 2.05) is 41.3 Å². The van der Waals surface area contributed by atoms with Gasteiger partial charge in [-0.2, -0.15) is 0 Å². The zero-order valence-corrected chi connectivity index (χ0v) is 18.0. The monoisotopic (exact) mass is 440 g/mol. The molecule has 3 aromatic carbocycles. The van der Waals surface area contributed by atoms with Crippen LogP contribution in [0.5, 0.6) is 5.75 Å². The van der Waals surface area contributed by atoms with E-state index in [4.69, 9.17) is 27.9 Å². The van der Waals surface area contributed by atoms with E-state index in [1.165, 1.54) is 0 Å². The first kappa shape index (κ1) is 20.6. The number of anilines is 2. The van der Waals surface area contributed by atoms with E-state index in [-0.39, 0.29) is 24.6 Å². The maximum Gasteiger partial charge on any atom is 0.265 e. The number of carbonyl (C=O) groups excluding carboxylic acids is 1. The third kappa shape index (κ3) is 4.40. The Labute approximate surface area is 186 Å². The molecule has 4 nitrogen and oxygen atoms in total. The van der Waals surface area contributed by atoms with E-state index in [2.05, 4.69) is 30.4 Å². The van der Waals surface area contributed by atoms with Crippen molar-refractivity contribution in [3.8, 4) is 5.75 Å². The number of para-hydroxylation sites is 2. The quantitative estimate of drug-likeness (QED) is 0.502. The molecular weight excluding hydrogens is 419 g/mol. The lowest BCUT2D eigenvalue weighted by atomic mass is 9.91. The molecule has 1 N–H and O–H groups in total. The number of hydrogen-bond donors (Lipinski definition) is 1. The van der Waals surface area contributed by atoms with E-state index in [0.29, 0.717) is 15.8 Å². The van der Waals surface area contributed by atoms with Gasteiger partial charge in [0, 0.05) is 22.4 Å². The van der Waals surface area contributed by atoms with Gasteiger partial charge in [-0.1, -0.05) is 59.6 Å². The van der Waals surface area contributed by atoms with Gasteiger partial charge in [0.2, 0.25) is 0 Å². The van der Waals surface area contributed by atoms with E-state index < -0.39 is 0 Å². The number of benzene rings is 3. The van der Waals surface area contributed by atoms with Crippen LogP contribution < -0.4 is 15.0 Å². The highest BCUT2D eigenvalue weighted by molar-refractivity contribution is 6.35. The maximum absolute atomic E-state index is 13.1. The van der Waals surface area contributed by atoms with Gasteiger partial charge in [-0.05, 0) is 55.3 Å². The molecule has 2 atom stereocenters. The predicted molar refractivity (Wildman–Crippen MR) is 123 cm³/mol. The topological polar surface area (TPSA) is 41.6 Å². The normalized spacial score (nSPS) is 17.9. The number of fused-ring (bicyclic) bond motifs is 1. The van der Waals surface area contributed by atoms with Gasteiger partial charge in [-0.15, -0.1) is 0 Å². The summed E-state index contributed by atoms with van der Waals surface area (Å²) in [7, 11) is 0. The van der Waals surface area contributed by atoms with Gasteiger partial charge >= 0.3 is 0 Å². The van der Waals surface area contributed by atoms with Gasteiger partial charge in [-0.3, -0.25) is 4.79 Å². The third-order valence-electron chi connectivity index (χ3n) is 5.22. The number of carbonyl (C=O) groups is 1. The minimum Gasteiger partial charge on any atom is -0.482 e. The van der Waals surface area contributed by atoms with Gasteiger partial charge < -0.3 is 15.0 Å². The summed E-state index contributed by atoms with van der Waals surface area (Å²) in [5.41, 5.74) is 3.06. The first-order valence-corrected chi connectivity index (χ1v) is 10.6. The molecule has 1 amide bonds. The van der Waals surface area contributed by atoms with Crippen molar-refractivity contribution in [1.82, 2.24) is 0 Å². The van der Waals surface area contributed by atoms with Gasteiger partial charge in [0.05, 0.1) is 11.1 Å². The Bertz CT molecular complexity index is 1040. The van der Waals surface area contributed by atoms with Crippen LogP contribution in [0.4, 0.5) is 11.4 Å². The summed E-state index contributed by atoms with van der Waals surface area (Å²) in [5.74, 6) is 0.329. The number of amides is 1. The zero-order valence-electron chi connectivity index (χ0n) is 16.5. The zero-order chi connectivity index (χ0) is 21.1. The lowest BCUT2D eigenvalue weighted by Gasteiger charge is -2.40. The molecule has 3 aromatic rings. The molecule has 0 bridgehead atoms. The summed E-state index contributed by atoms with van der Waals surface area (Å²) in [6, 6.07) is 23.2. The van der Waals surface area contributed by atoms with Crippen molar-refractivity contribution in [1.29, 1.82) is 0 Å². The van der Waals surface area contributed by atoms with E-state index >= 15 is 0 Å². The van der Waals surface area contributed by atoms with Crippen LogP contribution >= 0.6 is 23.2 Å². The maximum atomic E-state index is 13.1. The summed E-state index contributed by atoms with van der Waals surface area (Å²) in [6.07, 6.45) is 0.791. The molecular formula is C24H22Cl2N2O2. The fraction of sp³-hybridized carbons (Fsp3) is 0.208. The molecule has 6 heteroatoms. The van der Waals surface area contributed by atoms with E-state index in [9.17, 15) is 4.79 Å². The molecule has 154 valence electrons. The number of hydrogen-bond acceptors (Lipinski definition) is 3. The molecule has 0 spiro atoms. The van der Waals surface area contributed by atoms with Crippen LogP contribution in [-0.2, 0) is 4.79 Å². The van der Waals surface area contributed by atoms with Gasteiger partial charge in [-0.25, -0.2) is 0 Å². The fourth-order valence-corrected chi connectivity index (χ4v) is 4.33. The highest BCUT2D eigenvalue weighted by Crippen LogP contribution is 2.39. The van der Waals surface area contributed by atoms with Crippen LogP contribution in [0.1, 0.15) is 24.9 Å². The average molecular weight is 441 g/mol. The molecule has 4 rings (SSSR count). The van der Waals surface area contributed by atoms with Crippen molar-refractivity contribution in [2.45, 2.75) is 25.4 Å². The second kappa shape index (κ2) is 8.99. The van der Waals surface area contributed by atoms with Crippen LogP contribution in [0.2, 0.25) is 10.0 Å². The largest absolute Gasteiger partial charge is 0.482 e. The van der Waals surface area contributed by atoms with Gasteiger partial charge in [0.15, 0.2) is 6.61 Å². The SMILES string of the molecule is C[C@H]1C[C@H](Nc2ccccc2)c2ccccc2N1C(=O)COc1ccc(Cl)cc1Cl. The Balaban J connectivity index is 1.54. The number of nitrogens with one attached hydrogen (secondary N) is 1. The Morgan fingerprint density at radius 1 is 1.07 bits per heavy atom. The van der Waals surface area contributed by atoms with Crippen molar-refractivity contribution in [3.05, 3.63) is 88.4 Å². The van der Waals surface area contributed by atoms with Crippen molar-refractivity contribution < 1.29 is 9.53 Å². The molecule has 1 aliphatic rings. The van der Waals surface area contributed by atoms with Crippen molar-refractivity contribution in [3.63, 3.8) is 0 Å². The van der Waals surface area contributed by atoms with Crippen LogP contribution in [0.3, 0.4) is 0 Å².